The number of rotatable bonds is 10. The van der Waals surface area contributed by atoms with Gasteiger partial charge in [-0.1, -0.05) is 0 Å². The largest absolute Gasteiger partial charge is 0.497 e. The monoisotopic (exact) mass is 541 g/mol. The summed E-state index contributed by atoms with van der Waals surface area (Å²) in [4.78, 5) is 37.7. The van der Waals surface area contributed by atoms with Crippen LogP contribution >= 0.6 is 0 Å². The summed E-state index contributed by atoms with van der Waals surface area (Å²) < 4.78 is 12.6. The third-order valence-electron chi connectivity index (χ3n) is 5.70. The molecule has 0 aliphatic heterocycles. The van der Waals surface area contributed by atoms with Crippen LogP contribution in [0.15, 0.2) is 87.8 Å². The molecule has 0 spiro atoms. The number of carbonyl (C=O) groups is 2. The smallest absolute Gasteiger partial charge is 0.351 e. The fourth-order valence-electron chi connectivity index (χ4n) is 3.64. The molecule has 204 valence electrons. The van der Waals surface area contributed by atoms with Crippen LogP contribution in [-0.4, -0.2) is 52.8 Å². The van der Waals surface area contributed by atoms with Crippen LogP contribution in [0.1, 0.15) is 27.3 Å². The van der Waals surface area contributed by atoms with E-state index < -0.39 is 17.5 Å². The first kappa shape index (κ1) is 27.5. The Bertz CT molecular complexity index is 1590. The Morgan fingerprint density at radius 1 is 0.825 bits per heavy atom. The number of carbonyl (C=O) groups excluding carboxylic acids is 2. The molecule has 12 nitrogen and oxygen atoms in total. The fourth-order valence-corrected chi connectivity index (χ4v) is 3.64. The van der Waals surface area contributed by atoms with E-state index in [1.165, 1.54) is 17.0 Å². The number of benzene rings is 3. The molecule has 4 aromatic rings. The Labute approximate surface area is 229 Å². The van der Waals surface area contributed by atoms with Crippen LogP contribution < -0.4 is 26.0 Å². The van der Waals surface area contributed by atoms with Crippen LogP contribution in [-0.2, 0) is 11.3 Å². The average Bonchev–Trinajstić information content (AvgIpc) is 3.25. The topological polar surface area (TPSA) is 141 Å². The van der Waals surface area contributed by atoms with E-state index >= 15 is 0 Å². The van der Waals surface area contributed by atoms with Gasteiger partial charge in [-0.05, 0) is 90.8 Å². The van der Waals surface area contributed by atoms with Crippen LogP contribution in [0.4, 0.5) is 0 Å². The number of amides is 2. The van der Waals surface area contributed by atoms with E-state index in [0.29, 0.717) is 22.8 Å². The number of hydrazone groups is 2. The average molecular weight is 542 g/mol. The van der Waals surface area contributed by atoms with Gasteiger partial charge in [0.2, 0.25) is 0 Å². The number of nitrogens with one attached hydrogen (secondary N) is 2. The first-order valence-corrected chi connectivity index (χ1v) is 12.1. The molecule has 1 heterocycles. The second kappa shape index (κ2) is 12.8. The van der Waals surface area contributed by atoms with E-state index in [9.17, 15) is 14.4 Å². The molecule has 1 aromatic heterocycles. The van der Waals surface area contributed by atoms with Crippen molar-refractivity contribution in [3.8, 4) is 17.2 Å². The second-order valence-electron chi connectivity index (χ2n) is 8.41. The van der Waals surface area contributed by atoms with Crippen molar-refractivity contribution in [2.75, 3.05) is 14.2 Å². The number of hydrogen-bond acceptors (Lipinski definition) is 8. The molecule has 0 saturated heterocycles. The predicted molar refractivity (Wildman–Crippen MR) is 149 cm³/mol. The third kappa shape index (κ3) is 6.86. The third-order valence-corrected chi connectivity index (χ3v) is 5.70. The van der Waals surface area contributed by atoms with Gasteiger partial charge in [-0.15, -0.1) is 0 Å². The highest BCUT2D eigenvalue weighted by Crippen LogP contribution is 2.12. The van der Waals surface area contributed by atoms with Crippen molar-refractivity contribution in [1.29, 1.82) is 0 Å². The highest BCUT2D eigenvalue weighted by molar-refractivity contribution is 5.95. The van der Waals surface area contributed by atoms with Gasteiger partial charge in [0.1, 0.15) is 23.9 Å². The number of nitrogens with zero attached hydrogens (tertiary/aromatic N) is 5. The lowest BCUT2D eigenvalue weighted by atomic mass is 10.2. The van der Waals surface area contributed by atoms with Crippen molar-refractivity contribution < 1.29 is 19.1 Å². The van der Waals surface area contributed by atoms with Crippen LogP contribution in [0.25, 0.3) is 5.69 Å². The Hall–Kier alpha value is -5.52. The van der Waals surface area contributed by atoms with Crippen molar-refractivity contribution in [1.82, 2.24) is 25.2 Å². The Morgan fingerprint density at radius 3 is 1.88 bits per heavy atom. The molecule has 0 unspecified atom stereocenters. The van der Waals surface area contributed by atoms with Gasteiger partial charge in [-0.3, -0.25) is 9.59 Å². The number of aromatic nitrogens is 3. The van der Waals surface area contributed by atoms with Crippen LogP contribution in [0, 0.1) is 6.92 Å². The van der Waals surface area contributed by atoms with Crippen molar-refractivity contribution >= 4 is 24.2 Å². The maximum absolute atomic E-state index is 12.9. The van der Waals surface area contributed by atoms with E-state index in [1.54, 1.807) is 81.8 Å². The summed E-state index contributed by atoms with van der Waals surface area (Å²) in [7, 11) is 3.16. The maximum atomic E-state index is 12.9. The van der Waals surface area contributed by atoms with E-state index in [1.807, 2.05) is 12.1 Å². The minimum absolute atomic E-state index is 0.320. The van der Waals surface area contributed by atoms with Crippen molar-refractivity contribution in [2.45, 2.75) is 13.5 Å². The van der Waals surface area contributed by atoms with Gasteiger partial charge in [0, 0.05) is 5.56 Å². The summed E-state index contributed by atoms with van der Waals surface area (Å²) in [5.41, 5.74) is 6.74. The van der Waals surface area contributed by atoms with Crippen molar-refractivity contribution in [3.63, 3.8) is 0 Å². The molecule has 2 N–H and O–H groups in total. The fraction of sp³-hybridized carbons (Fsp3) is 0.143. The molecular formula is C28H27N7O5. The summed E-state index contributed by atoms with van der Waals surface area (Å²) in [5, 5.41) is 12.1. The van der Waals surface area contributed by atoms with Crippen LogP contribution in [0.2, 0.25) is 0 Å². The normalized spacial score (nSPS) is 11.1. The first-order valence-electron chi connectivity index (χ1n) is 12.1. The summed E-state index contributed by atoms with van der Waals surface area (Å²) in [5.74, 6) is 0.876. The zero-order valence-electron chi connectivity index (χ0n) is 22.1. The Balaban J connectivity index is 1.36. The standard InChI is InChI=1S/C28H27N7O5/c1-19-33-34(18-26(36)31-29-16-20-4-12-24(39-2)13-5-20)28(38)35(19)23-10-8-22(9-11-23)27(37)32-30-17-21-6-14-25(40-3)15-7-21/h4-17H,18H2,1-3H3,(H,31,36)(H,32,37)/b29-16+,30-17+. The highest BCUT2D eigenvalue weighted by atomic mass is 16.5. The lowest BCUT2D eigenvalue weighted by molar-refractivity contribution is -0.121. The number of methoxy groups -OCH3 is 2. The predicted octanol–water partition coefficient (Wildman–Crippen LogP) is 2.27. The van der Waals surface area contributed by atoms with Crippen LogP contribution in [0.3, 0.4) is 0 Å². The van der Waals surface area contributed by atoms with E-state index in [0.717, 1.165) is 21.6 Å². The quantitative estimate of drug-likeness (QED) is 0.233. The molecule has 2 amide bonds. The highest BCUT2D eigenvalue weighted by Gasteiger charge is 2.15. The van der Waals surface area contributed by atoms with Gasteiger partial charge in [-0.2, -0.15) is 15.3 Å². The maximum Gasteiger partial charge on any atom is 0.351 e. The summed E-state index contributed by atoms with van der Waals surface area (Å²) in [6.45, 7) is 1.32. The molecule has 0 aliphatic rings. The zero-order chi connectivity index (χ0) is 28.5. The van der Waals surface area contributed by atoms with Gasteiger partial charge in [0.25, 0.3) is 11.8 Å². The molecule has 40 heavy (non-hydrogen) atoms. The van der Waals surface area contributed by atoms with E-state index in [-0.39, 0.29) is 6.54 Å². The Kier molecular flexibility index (Phi) is 8.82. The van der Waals surface area contributed by atoms with Crippen LogP contribution in [0.5, 0.6) is 11.5 Å². The number of ether oxygens (including phenoxy) is 2. The molecular weight excluding hydrogens is 514 g/mol. The lowest BCUT2D eigenvalue weighted by Gasteiger charge is -2.05. The second-order valence-corrected chi connectivity index (χ2v) is 8.41. The molecule has 4 rings (SSSR count). The van der Waals surface area contributed by atoms with Gasteiger partial charge < -0.3 is 9.47 Å². The number of aryl methyl sites for hydroxylation is 1. The van der Waals surface area contributed by atoms with E-state index in [2.05, 4.69) is 26.2 Å². The molecule has 0 saturated carbocycles. The summed E-state index contributed by atoms with van der Waals surface area (Å²) in [6.07, 6.45) is 3.00. The molecule has 0 atom stereocenters. The Morgan fingerprint density at radius 2 is 1.35 bits per heavy atom. The summed E-state index contributed by atoms with van der Waals surface area (Å²) in [6, 6.07) is 20.7. The van der Waals surface area contributed by atoms with Crippen molar-refractivity contribution in [2.24, 2.45) is 10.2 Å². The molecule has 0 aliphatic carbocycles. The van der Waals surface area contributed by atoms with Gasteiger partial charge in [0.15, 0.2) is 0 Å². The molecule has 0 bridgehead atoms. The van der Waals surface area contributed by atoms with Crippen molar-refractivity contribution in [3.05, 3.63) is 106 Å². The first-order chi connectivity index (χ1) is 19.4. The van der Waals surface area contributed by atoms with Gasteiger partial charge in [0.05, 0.1) is 32.3 Å². The minimum Gasteiger partial charge on any atom is -0.497 e. The SMILES string of the molecule is COc1ccc(/C=N/NC(=O)Cn2nc(C)n(-c3ccc(C(=O)N/N=C/c4ccc(OC)cc4)cc3)c2=O)cc1. The summed E-state index contributed by atoms with van der Waals surface area (Å²) >= 11 is 0. The molecule has 0 radical (unpaired) electrons. The molecule has 0 fully saturated rings. The minimum atomic E-state index is -0.515. The zero-order valence-corrected chi connectivity index (χ0v) is 22.1. The number of hydrogen-bond donors (Lipinski definition) is 2. The van der Waals surface area contributed by atoms with Gasteiger partial charge >= 0.3 is 5.69 Å². The lowest BCUT2D eigenvalue weighted by Crippen LogP contribution is -2.31. The van der Waals surface area contributed by atoms with Gasteiger partial charge in [-0.25, -0.2) is 24.9 Å². The van der Waals surface area contributed by atoms with E-state index in [4.69, 9.17) is 9.47 Å². The molecule has 3 aromatic carbocycles. The molecule has 12 heteroatoms.